The highest BCUT2D eigenvalue weighted by molar-refractivity contribution is 5.81. The van der Waals surface area contributed by atoms with E-state index in [1.807, 2.05) is 6.20 Å². The van der Waals surface area contributed by atoms with Gasteiger partial charge in [-0.1, -0.05) is 0 Å². The third kappa shape index (κ3) is 2.76. The summed E-state index contributed by atoms with van der Waals surface area (Å²) in [6.45, 7) is 4.38. The lowest BCUT2D eigenvalue weighted by atomic mass is 9.98. The van der Waals surface area contributed by atoms with Crippen molar-refractivity contribution in [2.24, 2.45) is 0 Å². The fourth-order valence-electron chi connectivity index (χ4n) is 1.95. The van der Waals surface area contributed by atoms with Gasteiger partial charge in [-0.05, 0) is 33.1 Å². The molecule has 2 atom stereocenters. The Morgan fingerprint density at radius 3 is 2.43 bits per heavy atom. The van der Waals surface area contributed by atoms with Crippen molar-refractivity contribution < 1.29 is 9.53 Å². The van der Waals surface area contributed by atoms with E-state index in [1.165, 1.54) is 32.4 Å². The summed E-state index contributed by atoms with van der Waals surface area (Å²) in [6.07, 6.45) is 7.05. The van der Waals surface area contributed by atoms with Crippen LogP contribution in [0.15, 0.2) is 12.3 Å². The van der Waals surface area contributed by atoms with Crippen LogP contribution in [0.4, 0.5) is 0 Å². The summed E-state index contributed by atoms with van der Waals surface area (Å²) in [5.41, 5.74) is 0. The SMILES string of the molecule is COC(=O)C=CN1C(C)CCCC1C. The first-order chi connectivity index (χ1) is 6.65. The molecule has 80 valence electrons. The second-order valence-corrected chi connectivity index (χ2v) is 3.92. The monoisotopic (exact) mass is 197 g/mol. The van der Waals surface area contributed by atoms with Gasteiger partial charge in [0.25, 0.3) is 0 Å². The molecule has 0 spiro atoms. The standard InChI is InChI=1S/C11H19NO2/c1-9-5-4-6-10(2)12(9)8-7-11(13)14-3/h7-10H,4-6H2,1-3H3. The van der Waals surface area contributed by atoms with E-state index in [9.17, 15) is 4.79 Å². The summed E-state index contributed by atoms with van der Waals surface area (Å²) in [5, 5.41) is 0. The van der Waals surface area contributed by atoms with E-state index >= 15 is 0 Å². The third-order valence-corrected chi connectivity index (χ3v) is 2.85. The second-order valence-electron chi connectivity index (χ2n) is 3.92. The molecule has 14 heavy (non-hydrogen) atoms. The van der Waals surface area contributed by atoms with Gasteiger partial charge < -0.3 is 9.64 Å². The number of esters is 1. The number of piperidine rings is 1. The van der Waals surface area contributed by atoms with Crippen LogP contribution in [0.2, 0.25) is 0 Å². The Balaban J connectivity index is 2.55. The van der Waals surface area contributed by atoms with Crippen molar-refractivity contribution in [3.05, 3.63) is 12.3 Å². The molecule has 0 saturated carbocycles. The van der Waals surface area contributed by atoms with Crippen molar-refractivity contribution in [1.29, 1.82) is 0 Å². The molecule has 1 fully saturated rings. The van der Waals surface area contributed by atoms with Crippen LogP contribution in [0.25, 0.3) is 0 Å². The van der Waals surface area contributed by atoms with Crippen LogP contribution < -0.4 is 0 Å². The number of ether oxygens (including phenoxy) is 1. The van der Waals surface area contributed by atoms with Crippen molar-refractivity contribution in [2.45, 2.75) is 45.2 Å². The Morgan fingerprint density at radius 2 is 1.93 bits per heavy atom. The molecule has 2 unspecified atom stereocenters. The lowest BCUT2D eigenvalue weighted by molar-refractivity contribution is -0.134. The summed E-state index contributed by atoms with van der Waals surface area (Å²) < 4.78 is 4.56. The van der Waals surface area contributed by atoms with Gasteiger partial charge in [-0.15, -0.1) is 0 Å². The molecule has 3 heteroatoms. The number of carbonyl (C=O) groups excluding carboxylic acids is 1. The van der Waals surface area contributed by atoms with Crippen LogP contribution in [-0.2, 0) is 9.53 Å². The molecular weight excluding hydrogens is 178 g/mol. The third-order valence-electron chi connectivity index (χ3n) is 2.85. The molecule has 0 aromatic heterocycles. The Morgan fingerprint density at radius 1 is 1.36 bits per heavy atom. The van der Waals surface area contributed by atoms with Crippen LogP contribution in [0.5, 0.6) is 0 Å². The number of likely N-dealkylation sites (tertiary alicyclic amines) is 1. The Bertz CT molecular complexity index is 215. The van der Waals surface area contributed by atoms with Gasteiger partial charge in [0.1, 0.15) is 0 Å². The molecule has 0 amide bonds. The fraction of sp³-hybridized carbons (Fsp3) is 0.727. The van der Waals surface area contributed by atoms with E-state index in [2.05, 4.69) is 23.5 Å². The van der Waals surface area contributed by atoms with Crippen LogP contribution in [0.1, 0.15) is 33.1 Å². The van der Waals surface area contributed by atoms with Gasteiger partial charge in [-0.2, -0.15) is 0 Å². The minimum absolute atomic E-state index is 0.282. The van der Waals surface area contributed by atoms with Gasteiger partial charge >= 0.3 is 5.97 Å². The van der Waals surface area contributed by atoms with Gasteiger partial charge in [0.2, 0.25) is 0 Å². The van der Waals surface area contributed by atoms with Gasteiger partial charge in [0, 0.05) is 24.4 Å². The quantitative estimate of drug-likeness (QED) is 0.500. The second kappa shape index (κ2) is 5.03. The predicted octanol–water partition coefficient (Wildman–Crippen LogP) is 1.94. The highest BCUT2D eigenvalue weighted by Crippen LogP contribution is 2.22. The molecule has 0 radical (unpaired) electrons. The molecule has 1 rings (SSSR count). The highest BCUT2D eigenvalue weighted by atomic mass is 16.5. The first-order valence-corrected chi connectivity index (χ1v) is 5.18. The van der Waals surface area contributed by atoms with Gasteiger partial charge in [-0.3, -0.25) is 0 Å². The Kier molecular flexibility index (Phi) is 3.98. The van der Waals surface area contributed by atoms with Gasteiger partial charge in [0.15, 0.2) is 0 Å². The molecule has 0 bridgehead atoms. The highest BCUT2D eigenvalue weighted by Gasteiger charge is 2.21. The molecule has 0 N–H and O–H groups in total. The fourth-order valence-corrected chi connectivity index (χ4v) is 1.95. The van der Waals surface area contributed by atoms with E-state index < -0.39 is 0 Å². The number of rotatable bonds is 2. The van der Waals surface area contributed by atoms with Crippen molar-refractivity contribution in [3.63, 3.8) is 0 Å². The summed E-state index contributed by atoms with van der Waals surface area (Å²) in [4.78, 5) is 13.2. The Labute approximate surface area is 85.7 Å². The number of methoxy groups -OCH3 is 1. The summed E-state index contributed by atoms with van der Waals surface area (Å²) >= 11 is 0. The first-order valence-electron chi connectivity index (χ1n) is 5.18. The topological polar surface area (TPSA) is 29.5 Å². The lowest BCUT2D eigenvalue weighted by Gasteiger charge is -2.38. The van der Waals surface area contributed by atoms with Crippen molar-refractivity contribution in [2.75, 3.05) is 7.11 Å². The molecular formula is C11H19NO2. The van der Waals surface area contributed by atoms with Crippen molar-refractivity contribution in [1.82, 2.24) is 4.90 Å². The molecule has 1 aliphatic rings. The van der Waals surface area contributed by atoms with Gasteiger partial charge in [0.05, 0.1) is 7.11 Å². The number of carbonyl (C=O) groups is 1. The average molecular weight is 197 g/mol. The number of hydrogen-bond acceptors (Lipinski definition) is 3. The zero-order chi connectivity index (χ0) is 10.6. The van der Waals surface area contributed by atoms with E-state index in [1.54, 1.807) is 0 Å². The summed E-state index contributed by atoms with van der Waals surface area (Å²) in [6, 6.07) is 1.05. The van der Waals surface area contributed by atoms with Crippen LogP contribution in [0.3, 0.4) is 0 Å². The van der Waals surface area contributed by atoms with Gasteiger partial charge in [-0.25, -0.2) is 4.79 Å². The van der Waals surface area contributed by atoms with E-state index in [4.69, 9.17) is 0 Å². The minimum Gasteiger partial charge on any atom is -0.466 e. The summed E-state index contributed by atoms with van der Waals surface area (Å²) in [7, 11) is 1.40. The zero-order valence-electron chi connectivity index (χ0n) is 9.19. The lowest BCUT2D eigenvalue weighted by Crippen LogP contribution is -2.39. The predicted molar refractivity (Wildman–Crippen MR) is 55.8 cm³/mol. The maximum atomic E-state index is 10.9. The van der Waals surface area contributed by atoms with Crippen molar-refractivity contribution >= 4 is 5.97 Å². The maximum Gasteiger partial charge on any atom is 0.331 e. The molecule has 1 aliphatic heterocycles. The molecule has 0 aromatic carbocycles. The summed E-state index contributed by atoms with van der Waals surface area (Å²) in [5.74, 6) is -0.282. The van der Waals surface area contributed by atoms with Crippen LogP contribution >= 0.6 is 0 Å². The molecule has 1 heterocycles. The van der Waals surface area contributed by atoms with E-state index in [0.29, 0.717) is 12.1 Å². The van der Waals surface area contributed by atoms with Crippen LogP contribution in [0, 0.1) is 0 Å². The smallest absolute Gasteiger partial charge is 0.331 e. The van der Waals surface area contributed by atoms with E-state index in [0.717, 1.165) is 0 Å². The largest absolute Gasteiger partial charge is 0.466 e. The average Bonchev–Trinajstić information content (AvgIpc) is 2.16. The maximum absolute atomic E-state index is 10.9. The molecule has 0 aromatic rings. The van der Waals surface area contributed by atoms with Crippen molar-refractivity contribution in [3.8, 4) is 0 Å². The number of nitrogens with zero attached hydrogens (tertiary/aromatic N) is 1. The number of hydrogen-bond donors (Lipinski definition) is 0. The van der Waals surface area contributed by atoms with Crippen LogP contribution in [-0.4, -0.2) is 30.1 Å². The molecule has 1 saturated heterocycles. The first kappa shape index (κ1) is 11.1. The Hall–Kier alpha value is -0.990. The normalized spacial score (nSPS) is 28.1. The van der Waals surface area contributed by atoms with E-state index in [-0.39, 0.29) is 5.97 Å². The molecule has 0 aliphatic carbocycles. The zero-order valence-corrected chi connectivity index (χ0v) is 9.19. The molecule has 3 nitrogen and oxygen atoms in total. The minimum atomic E-state index is -0.282.